The number of hydrogen-bond donors (Lipinski definition) is 6. The van der Waals surface area contributed by atoms with Crippen molar-refractivity contribution in [1.29, 1.82) is 0 Å². The molecule has 1 fully saturated rings. The van der Waals surface area contributed by atoms with Crippen LogP contribution >= 0.6 is 0 Å². The molecule has 4 atom stereocenters. The second-order valence-corrected chi connectivity index (χ2v) is 16.9. The fourth-order valence-corrected chi connectivity index (χ4v) is 7.23. The van der Waals surface area contributed by atoms with Crippen LogP contribution in [-0.4, -0.2) is 116 Å². The van der Waals surface area contributed by atoms with Crippen LogP contribution in [0.15, 0.2) is 66.7 Å². The number of fused-ring (bicyclic) bond motifs is 1. The monoisotopic (exact) mass is 803 g/mol. The number of aliphatic hydroxyl groups is 2. The SMILES string of the molecule is CC(C)(C)C(NC(=O)O)C(=O)NN(Cc1ccc2c(c1)OCCO2)CC(O)C(Cc1ccccc1)NC(=O)C(N1CCN(Cc2cccc(CO)n2)C1=O)C(C)(C)C. The van der Waals surface area contributed by atoms with Gasteiger partial charge >= 0.3 is 12.1 Å². The molecule has 2 aliphatic rings. The summed E-state index contributed by atoms with van der Waals surface area (Å²) in [6.45, 7) is 12.2. The number of rotatable bonds is 16. The van der Waals surface area contributed by atoms with Gasteiger partial charge in [-0.3, -0.25) is 20.0 Å². The predicted molar refractivity (Wildman–Crippen MR) is 214 cm³/mol. The zero-order valence-corrected chi connectivity index (χ0v) is 34.1. The first-order valence-electron chi connectivity index (χ1n) is 19.5. The predicted octanol–water partition coefficient (Wildman–Crippen LogP) is 3.30. The molecular formula is C42H57N7O9. The average Bonchev–Trinajstić information content (AvgIpc) is 3.50. The van der Waals surface area contributed by atoms with Crippen molar-refractivity contribution in [2.24, 2.45) is 10.8 Å². The lowest BCUT2D eigenvalue weighted by atomic mass is 9.84. The van der Waals surface area contributed by atoms with Crippen molar-refractivity contribution in [3.8, 4) is 11.5 Å². The van der Waals surface area contributed by atoms with E-state index < -0.39 is 53.0 Å². The molecule has 2 aromatic carbocycles. The molecule has 58 heavy (non-hydrogen) atoms. The molecule has 0 saturated carbocycles. The zero-order chi connectivity index (χ0) is 42.2. The fourth-order valence-electron chi connectivity index (χ4n) is 7.23. The quantitative estimate of drug-likeness (QED) is 0.116. The van der Waals surface area contributed by atoms with Crippen LogP contribution in [0.1, 0.15) is 64.1 Å². The molecule has 16 nitrogen and oxygen atoms in total. The van der Waals surface area contributed by atoms with E-state index in [4.69, 9.17) is 9.47 Å². The number of pyridine rings is 1. The van der Waals surface area contributed by atoms with Crippen LogP contribution in [0.5, 0.6) is 11.5 Å². The summed E-state index contributed by atoms with van der Waals surface area (Å²) >= 11 is 0. The molecular weight excluding hydrogens is 747 g/mol. The van der Waals surface area contributed by atoms with Crippen LogP contribution < -0.4 is 25.5 Å². The Bertz CT molecular complexity index is 1900. The van der Waals surface area contributed by atoms with Crippen LogP contribution in [-0.2, 0) is 35.7 Å². The third-order valence-electron chi connectivity index (χ3n) is 10.0. The van der Waals surface area contributed by atoms with Gasteiger partial charge in [0.25, 0.3) is 5.91 Å². The van der Waals surface area contributed by atoms with E-state index in [1.54, 1.807) is 60.9 Å². The number of carbonyl (C=O) groups excluding carboxylic acids is 3. The number of hydrogen-bond acceptors (Lipinski definition) is 10. The van der Waals surface area contributed by atoms with Gasteiger partial charge in [0, 0.05) is 26.2 Å². The van der Waals surface area contributed by atoms with Crippen LogP contribution in [0.25, 0.3) is 0 Å². The number of nitrogens with zero attached hydrogens (tertiary/aromatic N) is 4. The van der Waals surface area contributed by atoms with E-state index in [0.29, 0.717) is 48.2 Å². The molecule has 2 aliphatic heterocycles. The smallest absolute Gasteiger partial charge is 0.405 e. The Kier molecular flexibility index (Phi) is 14.2. The highest BCUT2D eigenvalue weighted by Gasteiger charge is 2.44. The summed E-state index contributed by atoms with van der Waals surface area (Å²) < 4.78 is 11.5. The lowest BCUT2D eigenvalue weighted by Gasteiger charge is -2.38. The van der Waals surface area contributed by atoms with Crippen LogP contribution in [0.2, 0.25) is 0 Å². The highest BCUT2D eigenvalue weighted by atomic mass is 16.6. The molecule has 3 heterocycles. The third kappa shape index (κ3) is 11.6. The van der Waals surface area contributed by atoms with E-state index in [-0.39, 0.29) is 45.2 Å². The molecule has 0 radical (unpaired) electrons. The Balaban J connectivity index is 1.41. The van der Waals surface area contributed by atoms with Crippen molar-refractivity contribution in [3.63, 3.8) is 0 Å². The molecule has 0 spiro atoms. The van der Waals surface area contributed by atoms with Crippen molar-refractivity contribution in [1.82, 2.24) is 35.9 Å². The van der Waals surface area contributed by atoms with Crippen molar-refractivity contribution in [2.75, 3.05) is 32.8 Å². The normalized spacial score (nSPS) is 16.4. The van der Waals surface area contributed by atoms with Gasteiger partial charge in [0.15, 0.2) is 11.5 Å². The lowest BCUT2D eigenvalue weighted by molar-refractivity contribution is -0.133. The highest BCUT2D eigenvalue weighted by Crippen LogP contribution is 2.32. The van der Waals surface area contributed by atoms with E-state index in [9.17, 15) is 34.5 Å². The molecule has 1 aromatic heterocycles. The van der Waals surface area contributed by atoms with Crippen molar-refractivity contribution in [2.45, 2.75) is 91.9 Å². The minimum absolute atomic E-state index is 0.0776. The van der Waals surface area contributed by atoms with Crippen molar-refractivity contribution >= 4 is 23.9 Å². The molecule has 314 valence electrons. The highest BCUT2D eigenvalue weighted by molar-refractivity contribution is 5.89. The van der Waals surface area contributed by atoms with E-state index in [0.717, 1.165) is 5.56 Å². The van der Waals surface area contributed by atoms with Crippen LogP contribution in [0, 0.1) is 10.8 Å². The number of urea groups is 1. The van der Waals surface area contributed by atoms with Gasteiger partial charge in [0.05, 0.1) is 36.7 Å². The third-order valence-corrected chi connectivity index (χ3v) is 10.0. The Morgan fingerprint density at radius 3 is 2.19 bits per heavy atom. The Labute approximate surface area is 339 Å². The average molecular weight is 804 g/mol. The van der Waals surface area contributed by atoms with Gasteiger partial charge in [-0.2, -0.15) is 0 Å². The second-order valence-electron chi connectivity index (χ2n) is 16.9. The minimum atomic E-state index is -1.36. The number of ether oxygens (including phenoxy) is 2. The van der Waals surface area contributed by atoms with Crippen molar-refractivity contribution < 1.29 is 44.0 Å². The molecule has 4 unspecified atom stereocenters. The van der Waals surface area contributed by atoms with Crippen LogP contribution in [0.3, 0.4) is 0 Å². The summed E-state index contributed by atoms with van der Waals surface area (Å²) in [6, 6.07) is 16.7. The molecule has 5 amide bonds. The van der Waals surface area contributed by atoms with Gasteiger partial charge in [-0.05, 0) is 52.6 Å². The fraction of sp³-hybridized carbons (Fsp3) is 0.500. The molecule has 16 heteroatoms. The minimum Gasteiger partial charge on any atom is -0.486 e. The van der Waals surface area contributed by atoms with Gasteiger partial charge in [-0.25, -0.2) is 14.6 Å². The van der Waals surface area contributed by atoms with Gasteiger partial charge in [0.2, 0.25) is 5.91 Å². The Morgan fingerprint density at radius 1 is 0.845 bits per heavy atom. The number of hydrazine groups is 1. The summed E-state index contributed by atoms with van der Waals surface area (Å²) in [7, 11) is 0. The topological polar surface area (TPSA) is 206 Å². The standard InChI is InChI=1S/C42H57N7O9/c1-41(2,3)35(45-39(54)55)37(52)46-48(23-28-15-16-33-34(22-28)58-20-19-57-33)25-32(51)31(21-27-11-8-7-9-12-27)44-38(53)36(42(4,5)6)49-18-17-47(40(49)56)24-29-13-10-14-30(26-50)43-29/h7-16,22,31-32,35-36,45,50-51H,17-21,23-26H2,1-6H3,(H,44,53)(H,46,52)(H,54,55). The van der Waals surface area contributed by atoms with E-state index in [1.807, 2.05) is 57.2 Å². The molecule has 5 rings (SSSR count). The number of carbonyl (C=O) groups is 4. The first-order chi connectivity index (χ1) is 27.4. The summed E-state index contributed by atoms with van der Waals surface area (Å²) in [6.07, 6.45) is -2.42. The Morgan fingerprint density at radius 2 is 1.53 bits per heavy atom. The first-order valence-corrected chi connectivity index (χ1v) is 19.5. The molecule has 6 N–H and O–H groups in total. The summed E-state index contributed by atoms with van der Waals surface area (Å²) in [4.78, 5) is 61.6. The molecule has 0 aliphatic carbocycles. The molecule has 1 saturated heterocycles. The second kappa shape index (κ2) is 18.9. The summed E-state index contributed by atoms with van der Waals surface area (Å²) in [5, 5.41) is 38.1. The first kappa shape index (κ1) is 43.7. The maximum absolute atomic E-state index is 14.5. The van der Waals surface area contributed by atoms with Crippen molar-refractivity contribution in [3.05, 3.63) is 89.2 Å². The van der Waals surface area contributed by atoms with E-state index >= 15 is 0 Å². The number of nitrogens with one attached hydrogen (secondary N) is 3. The van der Waals surface area contributed by atoms with Crippen LogP contribution in [0.4, 0.5) is 9.59 Å². The van der Waals surface area contributed by atoms with Gasteiger partial charge < -0.3 is 45.2 Å². The molecule has 3 aromatic rings. The number of carboxylic acid groups (broad SMARTS) is 1. The zero-order valence-electron chi connectivity index (χ0n) is 34.1. The van der Waals surface area contributed by atoms with Gasteiger partial charge in [-0.15, -0.1) is 0 Å². The lowest BCUT2D eigenvalue weighted by Crippen LogP contribution is -2.61. The van der Waals surface area contributed by atoms with Gasteiger partial charge in [-0.1, -0.05) is 84.0 Å². The van der Waals surface area contributed by atoms with E-state index in [1.165, 1.54) is 5.01 Å². The number of amides is 5. The number of aromatic nitrogens is 1. The van der Waals surface area contributed by atoms with E-state index in [2.05, 4.69) is 21.0 Å². The largest absolute Gasteiger partial charge is 0.486 e. The summed E-state index contributed by atoms with van der Waals surface area (Å²) in [5.41, 5.74) is 3.96. The number of benzene rings is 2. The number of aliphatic hydroxyl groups excluding tert-OH is 2. The maximum atomic E-state index is 14.5. The molecule has 0 bridgehead atoms. The summed E-state index contributed by atoms with van der Waals surface area (Å²) in [5.74, 6) is 0.0220. The van der Waals surface area contributed by atoms with Gasteiger partial charge in [0.1, 0.15) is 25.3 Å². The Hall–Kier alpha value is -5.45. The maximum Gasteiger partial charge on any atom is 0.405 e.